The van der Waals surface area contributed by atoms with Crippen molar-refractivity contribution < 1.29 is 13.2 Å². The van der Waals surface area contributed by atoms with E-state index < -0.39 is 16.1 Å². The molecule has 198 valence electrons. The van der Waals surface area contributed by atoms with Gasteiger partial charge >= 0.3 is 6.03 Å². The molecule has 0 fully saturated rings. The van der Waals surface area contributed by atoms with Crippen molar-refractivity contribution in [3.8, 4) is 11.1 Å². The first-order chi connectivity index (χ1) is 18.2. The number of carbonyl (C=O) groups is 1. The summed E-state index contributed by atoms with van der Waals surface area (Å²) in [6.07, 6.45) is 4.07. The predicted molar refractivity (Wildman–Crippen MR) is 153 cm³/mol. The van der Waals surface area contributed by atoms with Crippen molar-refractivity contribution in [2.24, 2.45) is 0 Å². The van der Waals surface area contributed by atoms with Gasteiger partial charge in [0.05, 0.1) is 10.9 Å². The summed E-state index contributed by atoms with van der Waals surface area (Å²) >= 11 is 1.62. The van der Waals surface area contributed by atoms with Crippen molar-refractivity contribution >= 4 is 27.8 Å². The summed E-state index contributed by atoms with van der Waals surface area (Å²) in [6.45, 7) is 6.72. The van der Waals surface area contributed by atoms with Crippen LogP contribution in [0.3, 0.4) is 0 Å². The van der Waals surface area contributed by atoms with Crippen LogP contribution >= 0.6 is 11.8 Å². The number of amides is 2. The molecular weight excluding hydrogens is 516 g/mol. The number of hydrogen-bond acceptors (Lipinski definition) is 5. The zero-order chi connectivity index (χ0) is 27.3. The molecule has 1 heterocycles. The normalized spacial score (nSPS) is 12.3. The lowest BCUT2D eigenvalue weighted by atomic mass is 10.0. The number of urea groups is 1. The van der Waals surface area contributed by atoms with Gasteiger partial charge in [0.25, 0.3) is 10.0 Å². The lowest BCUT2D eigenvalue weighted by Crippen LogP contribution is -2.40. The maximum atomic E-state index is 13.2. The molecule has 4 rings (SSSR count). The molecule has 0 aliphatic rings. The fourth-order valence-electron chi connectivity index (χ4n) is 4.25. The Labute approximate surface area is 228 Å². The number of sulfonamides is 1. The van der Waals surface area contributed by atoms with E-state index in [0.29, 0.717) is 18.0 Å². The summed E-state index contributed by atoms with van der Waals surface area (Å²) in [5.74, 6) is 1.33. The van der Waals surface area contributed by atoms with Crippen LogP contribution in [0.15, 0.2) is 95.0 Å². The van der Waals surface area contributed by atoms with E-state index in [1.807, 2.05) is 60.9 Å². The highest BCUT2D eigenvalue weighted by Crippen LogP contribution is 2.28. The molecule has 1 atom stereocenters. The second kappa shape index (κ2) is 11.9. The summed E-state index contributed by atoms with van der Waals surface area (Å²) in [5.41, 5.74) is 3.22. The molecule has 3 aromatic carbocycles. The van der Waals surface area contributed by atoms with Crippen LogP contribution in [0.5, 0.6) is 0 Å². The summed E-state index contributed by atoms with van der Waals surface area (Å²) in [4.78, 5) is 17.3. The Morgan fingerprint density at radius 2 is 1.61 bits per heavy atom. The van der Waals surface area contributed by atoms with Gasteiger partial charge in [0.1, 0.15) is 10.9 Å². The van der Waals surface area contributed by atoms with Crippen LogP contribution in [0.4, 0.5) is 4.79 Å². The van der Waals surface area contributed by atoms with Crippen LogP contribution in [0.1, 0.15) is 49.7 Å². The average molecular weight is 549 g/mol. The largest absolute Gasteiger partial charge is 0.331 e. The maximum absolute atomic E-state index is 13.2. The second-order valence-corrected chi connectivity index (χ2v) is 11.8. The molecule has 1 unspecified atom stereocenters. The maximum Gasteiger partial charge on any atom is 0.329 e. The standard InChI is InChI=1S/C29H32N4O3S2/c1-20(2)28-31-27(37-4)19-33(28)18-22-14-16-24(17-15-22)25-12-8-9-13-26(25)38(35,36)32-29(34)30-21(3)23-10-6-5-7-11-23/h5-17,19-21H,18H2,1-4H3,(H2,30,32,34). The highest BCUT2D eigenvalue weighted by molar-refractivity contribution is 7.98. The van der Waals surface area contributed by atoms with Crippen molar-refractivity contribution in [3.63, 3.8) is 0 Å². The van der Waals surface area contributed by atoms with Crippen molar-refractivity contribution in [2.75, 3.05) is 6.26 Å². The molecule has 0 spiro atoms. The highest BCUT2D eigenvalue weighted by atomic mass is 32.2. The number of rotatable bonds is 9. The van der Waals surface area contributed by atoms with E-state index in [1.54, 1.807) is 36.9 Å². The SMILES string of the molecule is CSc1cn(Cc2ccc(-c3ccccc3S(=O)(=O)NC(=O)NC(C)c3ccccc3)cc2)c(C(C)C)n1. The number of thioether (sulfide) groups is 1. The van der Waals surface area contributed by atoms with E-state index in [0.717, 1.165) is 27.5 Å². The topological polar surface area (TPSA) is 93.1 Å². The van der Waals surface area contributed by atoms with Gasteiger partial charge in [-0.15, -0.1) is 11.8 Å². The van der Waals surface area contributed by atoms with Gasteiger partial charge in [-0.25, -0.2) is 22.9 Å². The number of aromatic nitrogens is 2. The van der Waals surface area contributed by atoms with Gasteiger partial charge in [0.15, 0.2) is 0 Å². The Bertz CT molecular complexity index is 1500. The van der Waals surface area contributed by atoms with E-state index in [1.165, 1.54) is 6.07 Å². The van der Waals surface area contributed by atoms with Crippen LogP contribution < -0.4 is 10.0 Å². The van der Waals surface area contributed by atoms with Crippen molar-refractivity contribution in [3.05, 3.63) is 102 Å². The van der Waals surface area contributed by atoms with Crippen LogP contribution in [0, 0.1) is 0 Å². The third kappa shape index (κ3) is 6.46. The zero-order valence-electron chi connectivity index (χ0n) is 21.9. The molecule has 0 aliphatic heterocycles. The third-order valence-corrected chi connectivity index (χ3v) is 8.18. The molecule has 38 heavy (non-hydrogen) atoms. The zero-order valence-corrected chi connectivity index (χ0v) is 23.5. The Morgan fingerprint density at radius 3 is 2.26 bits per heavy atom. The van der Waals surface area contributed by atoms with E-state index in [9.17, 15) is 13.2 Å². The molecule has 0 bridgehead atoms. The van der Waals surface area contributed by atoms with Gasteiger partial charge < -0.3 is 9.88 Å². The summed E-state index contributed by atoms with van der Waals surface area (Å²) in [6, 6.07) is 22.7. The van der Waals surface area contributed by atoms with Crippen LogP contribution in [-0.4, -0.2) is 30.3 Å². The fourth-order valence-corrected chi connectivity index (χ4v) is 5.81. The van der Waals surface area contributed by atoms with Crippen LogP contribution in [-0.2, 0) is 16.6 Å². The number of hydrogen-bond donors (Lipinski definition) is 2. The Hall–Kier alpha value is -3.56. The summed E-state index contributed by atoms with van der Waals surface area (Å²) in [7, 11) is -4.12. The molecule has 7 nitrogen and oxygen atoms in total. The van der Waals surface area contributed by atoms with Gasteiger partial charge in [-0.1, -0.05) is 86.6 Å². The molecule has 1 aromatic heterocycles. The highest BCUT2D eigenvalue weighted by Gasteiger charge is 2.23. The molecule has 4 aromatic rings. The molecule has 2 amide bonds. The minimum absolute atomic E-state index is 0.0385. The van der Waals surface area contributed by atoms with E-state index in [2.05, 4.69) is 34.7 Å². The minimum Gasteiger partial charge on any atom is -0.331 e. The molecule has 0 saturated heterocycles. The smallest absolute Gasteiger partial charge is 0.329 e. The molecule has 9 heteroatoms. The van der Waals surface area contributed by atoms with Gasteiger partial charge in [-0.2, -0.15) is 0 Å². The second-order valence-electron chi connectivity index (χ2n) is 9.33. The van der Waals surface area contributed by atoms with Crippen LogP contribution in [0.2, 0.25) is 0 Å². The molecular formula is C29H32N4O3S2. The predicted octanol–water partition coefficient (Wildman–Crippen LogP) is 6.19. The van der Waals surface area contributed by atoms with Crippen molar-refractivity contribution in [2.45, 2.75) is 49.2 Å². The van der Waals surface area contributed by atoms with Crippen molar-refractivity contribution in [1.29, 1.82) is 0 Å². The molecule has 0 radical (unpaired) electrons. The van der Waals surface area contributed by atoms with E-state index >= 15 is 0 Å². The third-order valence-electron chi connectivity index (χ3n) is 6.18. The van der Waals surface area contributed by atoms with E-state index in [-0.39, 0.29) is 10.9 Å². The summed E-state index contributed by atoms with van der Waals surface area (Å²) in [5, 5.41) is 3.68. The fraction of sp³-hybridized carbons (Fsp3) is 0.241. The molecule has 0 saturated carbocycles. The van der Waals surface area contributed by atoms with Gasteiger partial charge in [-0.3, -0.25) is 0 Å². The number of carbonyl (C=O) groups excluding carboxylic acids is 1. The van der Waals surface area contributed by atoms with E-state index in [4.69, 9.17) is 4.98 Å². The minimum atomic E-state index is -4.12. The van der Waals surface area contributed by atoms with Gasteiger partial charge in [0, 0.05) is 24.2 Å². The Kier molecular flexibility index (Phi) is 8.58. The Balaban J connectivity index is 1.52. The first kappa shape index (κ1) is 27.5. The van der Waals surface area contributed by atoms with Gasteiger partial charge in [-0.05, 0) is 35.9 Å². The number of imidazole rings is 1. The number of benzene rings is 3. The molecule has 2 N–H and O–H groups in total. The van der Waals surface area contributed by atoms with Crippen molar-refractivity contribution in [1.82, 2.24) is 19.6 Å². The van der Waals surface area contributed by atoms with Gasteiger partial charge in [0.2, 0.25) is 0 Å². The number of nitrogens with one attached hydrogen (secondary N) is 2. The first-order valence-corrected chi connectivity index (χ1v) is 15.1. The lowest BCUT2D eigenvalue weighted by molar-refractivity contribution is 0.243. The van der Waals surface area contributed by atoms with Crippen LogP contribution in [0.25, 0.3) is 11.1 Å². The quantitative estimate of drug-likeness (QED) is 0.243. The monoisotopic (exact) mass is 548 g/mol. The molecule has 0 aliphatic carbocycles. The summed E-state index contributed by atoms with van der Waals surface area (Å²) < 4.78 is 30.7. The lowest BCUT2D eigenvalue weighted by Gasteiger charge is -2.16. The average Bonchev–Trinajstić information content (AvgIpc) is 3.32. The number of nitrogens with zero attached hydrogens (tertiary/aromatic N) is 2. The first-order valence-electron chi connectivity index (χ1n) is 12.4. The Morgan fingerprint density at radius 1 is 0.947 bits per heavy atom.